The number of nitro benzene ring substituents is 1. The molecule has 260 valence electrons. The topological polar surface area (TPSA) is 136 Å². The molecule has 0 fully saturated rings. The second-order valence-electron chi connectivity index (χ2n) is 11.2. The van der Waals surface area contributed by atoms with Crippen LogP contribution in [0.1, 0.15) is 22.3 Å². The zero-order valence-corrected chi connectivity index (χ0v) is 29.0. The van der Waals surface area contributed by atoms with Crippen molar-refractivity contribution in [2.75, 3.05) is 41.7 Å². The normalized spacial score (nSPS) is 16.0. The molecule has 0 aromatic heterocycles. The minimum atomic E-state index is -4.28. The van der Waals surface area contributed by atoms with Gasteiger partial charge < -0.3 is 28.4 Å². The average Bonchev–Trinajstić information content (AvgIpc) is 3.11. The molecule has 49 heavy (non-hydrogen) atoms. The Bertz CT molecular complexity index is 1820. The Morgan fingerprint density at radius 3 is 2.00 bits per heavy atom. The van der Waals surface area contributed by atoms with Crippen molar-refractivity contribution in [1.29, 1.82) is 0 Å². The molecule has 0 N–H and O–H groups in total. The summed E-state index contributed by atoms with van der Waals surface area (Å²) in [7, 11) is 1.71. The van der Waals surface area contributed by atoms with E-state index in [0.29, 0.717) is 39.6 Å². The highest BCUT2D eigenvalue weighted by atomic mass is 35.5. The van der Waals surface area contributed by atoms with Crippen LogP contribution in [0.5, 0.6) is 17.2 Å². The summed E-state index contributed by atoms with van der Waals surface area (Å²) in [6.07, 6.45) is -0.371. The molecule has 12 nitrogen and oxygen atoms in total. The minimum Gasteiger partial charge on any atom is -0.497 e. The van der Waals surface area contributed by atoms with Crippen molar-refractivity contribution in [2.24, 2.45) is 0 Å². The second-order valence-corrected chi connectivity index (χ2v) is 13.6. The number of methoxy groups -OCH3 is 4. The summed E-state index contributed by atoms with van der Waals surface area (Å²) in [5.74, 6) is 1.08. The number of hydrogen-bond donors (Lipinski definition) is 0. The Balaban J connectivity index is 1.49. The van der Waals surface area contributed by atoms with E-state index in [2.05, 4.69) is 0 Å². The van der Waals surface area contributed by atoms with Gasteiger partial charge in [-0.15, -0.1) is 0 Å². The van der Waals surface area contributed by atoms with Crippen LogP contribution in [-0.4, -0.2) is 65.6 Å². The van der Waals surface area contributed by atoms with Gasteiger partial charge in [-0.1, -0.05) is 41.9 Å². The monoisotopic (exact) mass is 712 g/mol. The van der Waals surface area contributed by atoms with Crippen molar-refractivity contribution in [1.82, 2.24) is 4.31 Å². The third-order valence-corrected chi connectivity index (χ3v) is 10.3. The van der Waals surface area contributed by atoms with Gasteiger partial charge in [-0.05, 0) is 77.2 Å². The Kier molecular flexibility index (Phi) is 11.4. The molecule has 1 heterocycles. The van der Waals surface area contributed by atoms with Gasteiger partial charge in [-0.2, -0.15) is 4.31 Å². The molecular formula is C35H37ClN2O10S. The van der Waals surface area contributed by atoms with Crippen molar-refractivity contribution >= 4 is 27.3 Å². The van der Waals surface area contributed by atoms with Gasteiger partial charge >= 0.3 is 5.69 Å². The van der Waals surface area contributed by atoms with E-state index >= 15 is 0 Å². The van der Waals surface area contributed by atoms with E-state index in [1.165, 1.54) is 30.7 Å². The molecule has 4 aromatic rings. The van der Waals surface area contributed by atoms with Crippen molar-refractivity contribution < 1.29 is 41.8 Å². The number of nitrogens with zero attached hydrogens (tertiary/aromatic N) is 2. The number of ether oxygens (including phenoxy) is 6. The number of fused-ring (bicyclic) bond motifs is 1. The van der Waals surface area contributed by atoms with E-state index in [1.54, 1.807) is 74.9 Å². The fraction of sp³-hybridized carbons (Fsp3) is 0.314. The molecule has 1 unspecified atom stereocenters. The summed E-state index contributed by atoms with van der Waals surface area (Å²) in [4.78, 5) is 11.4. The third-order valence-electron chi connectivity index (χ3n) is 8.31. The van der Waals surface area contributed by atoms with E-state index in [9.17, 15) is 18.5 Å². The largest absolute Gasteiger partial charge is 0.497 e. The summed E-state index contributed by atoms with van der Waals surface area (Å²) >= 11 is 6.26. The van der Waals surface area contributed by atoms with Crippen LogP contribution in [0.15, 0.2) is 89.8 Å². The molecule has 0 amide bonds. The zero-order valence-electron chi connectivity index (χ0n) is 27.5. The Hall–Kier alpha value is -4.24. The van der Waals surface area contributed by atoms with Gasteiger partial charge in [0.25, 0.3) is 0 Å². The van der Waals surface area contributed by atoms with E-state index in [-0.39, 0.29) is 36.9 Å². The van der Waals surface area contributed by atoms with Crippen LogP contribution in [-0.2, 0) is 49.3 Å². The van der Waals surface area contributed by atoms with Gasteiger partial charge in [-0.25, -0.2) is 8.42 Å². The van der Waals surface area contributed by atoms with Gasteiger partial charge in [0.2, 0.25) is 10.0 Å². The van der Waals surface area contributed by atoms with Crippen molar-refractivity contribution in [2.45, 2.75) is 36.3 Å². The molecule has 14 heteroatoms. The Labute approximate surface area is 290 Å². The van der Waals surface area contributed by atoms with Crippen LogP contribution in [0.2, 0.25) is 5.02 Å². The molecule has 0 saturated carbocycles. The lowest BCUT2D eigenvalue weighted by molar-refractivity contribution is -0.386. The van der Waals surface area contributed by atoms with Crippen LogP contribution in [0.25, 0.3) is 0 Å². The Morgan fingerprint density at radius 1 is 0.878 bits per heavy atom. The summed E-state index contributed by atoms with van der Waals surface area (Å²) in [5, 5.41) is 12.9. The lowest BCUT2D eigenvalue weighted by atomic mass is 9.86. The predicted octanol–water partition coefficient (Wildman–Crippen LogP) is 6.12. The highest BCUT2D eigenvalue weighted by Crippen LogP contribution is 2.41. The summed E-state index contributed by atoms with van der Waals surface area (Å²) in [6.45, 7) is 0.0195. The molecular weight excluding hydrogens is 676 g/mol. The first-order valence-electron chi connectivity index (χ1n) is 15.2. The molecule has 1 atom stereocenters. The van der Waals surface area contributed by atoms with Gasteiger partial charge in [0.1, 0.15) is 18.1 Å². The van der Waals surface area contributed by atoms with Gasteiger partial charge in [0.05, 0.1) is 30.6 Å². The predicted molar refractivity (Wildman–Crippen MR) is 182 cm³/mol. The quantitative estimate of drug-likeness (QED) is 0.0806. The fourth-order valence-electron chi connectivity index (χ4n) is 5.81. The van der Waals surface area contributed by atoms with Crippen molar-refractivity contribution in [3.63, 3.8) is 0 Å². The first kappa shape index (κ1) is 36.1. The van der Waals surface area contributed by atoms with Crippen LogP contribution in [0, 0.1) is 10.1 Å². The summed E-state index contributed by atoms with van der Waals surface area (Å²) < 4.78 is 63.7. The Morgan fingerprint density at radius 2 is 1.47 bits per heavy atom. The first-order valence-corrected chi connectivity index (χ1v) is 17.0. The molecule has 5 rings (SSSR count). The summed E-state index contributed by atoms with van der Waals surface area (Å²) in [5.41, 5.74) is 1.13. The second kappa shape index (κ2) is 15.5. The maximum atomic E-state index is 14.2. The van der Waals surface area contributed by atoms with Crippen LogP contribution in [0.4, 0.5) is 5.69 Å². The molecule has 1 aliphatic rings. The van der Waals surface area contributed by atoms with E-state index in [1.807, 2.05) is 6.07 Å². The standard InChI is InChI=1S/C35H37ClN2O10S/c1-43-28-10-5-24(6-11-28)21-37(22-25-7-12-29(44-2)13-8-25)49(41,42)30-14-16-33(32(20-30)38(39)40)47-23-35(34(45-3)46-4)31-15-9-27(36)19-26(31)17-18-48-35/h5-16,19-20,34H,17-18,21-23H2,1-4H3. The third kappa shape index (κ3) is 7.82. The highest BCUT2D eigenvalue weighted by molar-refractivity contribution is 7.89. The summed E-state index contributed by atoms with van der Waals surface area (Å²) in [6, 6.07) is 22.9. The van der Waals surface area contributed by atoms with Crippen molar-refractivity contribution in [3.05, 3.63) is 122 Å². The SMILES string of the molecule is COc1ccc(CN(Cc2ccc(OC)cc2)S(=O)(=O)c2ccc(OCC3(C(OC)OC)OCCc4cc(Cl)ccc43)c([N+](=O)[O-])c2)cc1. The molecule has 0 spiro atoms. The highest BCUT2D eigenvalue weighted by Gasteiger charge is 2.47. The van der Waals surface area contributed by atoms with E-state index in [4.69, 9.17) is 40.0 Å². The number of sulfonamides is 1. The molecule has 0 bridgehead atoms. The molecule has 0 aliphatic carbocycles. The number of halogens is 1. The van der Waals surface area contributed by atoms with Crippen LogP contribution in [0.3, 0.4) is 0 Å². The number of hydrogen-bond acceptors (Lipinski definition) is 10. The molecule has 4 aromatic carbocycles. The maximum Gasteiger partial charge on any atom is 0.312 e. The lowest BCUT2D eigenvalue weighted by Gasteiger charge is -2.42. The fourth-order valence-corrected chi connectivity index (χ4v) is 7.45. The molecule has 1 aliphatic heterocycles. The molecule has 0 radical (unpaired) electrons. The molecule has 0 saturated heterocycles. The minimum absolute atomic E-state index is 0.0108. The number of benzene rings is 4. The van der Waals surface area contributed by atoms with Gasteiger partial charge in [0.15, 0.2) is 17.6 Å². The van der Waals surface area contributed by atoms with Crippen LogP contribution >= 0.6 is 11.6 Å². The van der Waals surface area contributed by atoms with Crippen molar-refractivity contribution in [3.8, 4) is 17.2 Å². The van der Waals surface area contributed by atoms with Gasteiger partial charge in [0, 0.05) is 38.4 Å². The maximum absolute atomic E-state index is 14.2. The van der Waals surface area contributed by atoms with Gasteiger partial charge in [-0.3, -0.25) is 10.1 Å². The number of nitro groups is 1. The van der Waals surface area contributed by atoms with E-state index < -0.39 is 32.5 Å². The first-order chi connectivity index (χ1) is 23.5. The lowest BCUT2D eigenvalue weighted by Crippen LogP contribution is -2.51. The van der Waals surface area contributed by atoms with Crippen LogP contribution < -0.4 is 14.2 Å². The number of rotatable bonds is 15. The smallest absolute Gasteiger partial charge is 0.312 e. The zero-order chi connectivity index (χ0) is 35.2. The average molecular weight is 713 g/mol. The van der Waals surface area contributed by atoms with E-state index in [0.717, 1.165) is 11.6 Å².